The number of piperazine rings is 1. The summed E-state index contributed by atoms with van der Waals surface area (Å²) in [5, 5.41) is 2.65. The average molecular weight is 496 g/mol. The molecule has 35 heavy (non-hydrogen) atoms. The van der Waals surface area contributed by atoms with E-state index in [9.17, 15) is 17.6 Å². The van der Waals surface area contributed by atoms with Crippen LogP contribution in [0.1, 0.15) is 35.3 Å². The van der Waals surface area contributed by atoms with E-state index in [0.29, 0.717) is 25.3 Å². The van der Waals surface area contributed by atoms with Crippen molar-refractivity contribution in [3.8, 4) is 0 Å². The molecular weight excluding hydrogens is 465 g/mol. The zero-order chi connectivity index (χ0) is 25.2. The van der Waals surface area contributed by atoms with Crippen molar-refractivity contribution in [1.82, 2.24) is 4.31 Å². The molecule has 0 saturated carbocycles. The number of hydrogen-bond donors (Lipinski definition) is 1. The third-order valence-electron chi connectivity index (χ3n) is 6.36. The number of carbonyl (C=O) groups is 1. The number of nitrogens with zero attached hydrogens (tertiary/aromatic N) is 2. The van der Waals surface area contributed by atoms with Crippen LogP contribution in [0.15, 0.2) is 71.6 Å². The van der Waals surface area contributed by atoms with Crippen molar-refractivity contribution in [2.24, 2.45) is 0 Å². The number of anilines is 2. The van der Waals surface area contributed by atoms with Gasteiger partial charge in [0.2, 0.25) is 10.0 Å². The molecular formula is C27H30FN3O3S. The molecule has 1 fully saturated rings. The van der Waals surface area contributed by atoms with Crippen molar-refractivity contribution < 1.29 is 17.6 Å². The van der Waals surface area contributed by atoms with Crippen LogP contribution in [0.3, 0.4) is 0 Å². The SMILES string of the molecule is CCc1ccc(NC(=O)c2cc(S(=O)(=O)N3CCN(c4cccc(C)c4)[C@@H](C)C3)ccc2F)cc1. The zero-order valence-electron chi connectivity index (χ0n) is 20.2. The van der Waals surface area contributed by atoms with Gasteiger partial charge in [-0.15, -0.1) is 0 Å². The smallest absolute Gasteiger partial charge is 0.258 e. The number of halogens is 1. The summed E-state index contributed by atoms with van der Waals surface area (Å²) in [6.07, 6.45) is 0.862. The second-order valence-electron chi connectivity index (χ2n) is 8.89. The molecule has 6 nitrogen and oxygen atoms in total. The third kappa shape index (κ3) is 5.39. The van der Waals surface area contributed by atoms with Gasteiger partial charge in [-0.3, -0.25) is 4.79 Å². The fourth-order valence-corrected chi connectivity index (χ4v) is 5.88. The van der Waals surface area contributed by atoms with Crippen LogP contribution in [0.2, 0.25) is 0 Å². The predicted octanol–water partition coefficient (Wildman–Crippen LogP) is 4.85. The van der Waals surface area contributed by atoms with Gasteiger partial charge in [-0.2, -0.15) is 4.31 Å². The van der Waals surface area contributed by atoms with Gasteiger partial charge in [0.05, 0.1) is 10.5 Å². The maximum atomic E-state index is 14.5. The van der Waals surface area contributed by atoms with Gasteiger partial charge < -0.3 is 10.2 Å². The highest BCUT2D eigenvalue weighted by Crippen LogP contribution is 2.26. The molecule has 0 radical (unpaired) electrons. The predicted molar refractivity (Wildman–Crippen MR) is 137 cm³/mol. The molecule has 1 amide bonds. The van der Waals surface area contributed by atoms with Gasteiger partial charge in [0.25, 0.3) is 5.91 Å². The lowest BCUT2D eigenvalue weighted by Crippen LogP contribution is -2.53. The normalized spacial score (nSPS) is 16.8. The van der Waals surface area contributed by atoms with E-state index in [-0.39, 0.29) is 16.5 Å². The van der Waals surface area contributed by atoms with Crippen molar-refractivity contribution >= 4 is 27.3 Å². The second kappa shape index (κ2) is 10.2. The highest BCUT2D eigenvalue weighted by molar-refractivity contribution is 7.89. The Hall–Kier alpha value is -3.23. The Morgan fingerprint density at radius 1 is 1.06 bits per heavy atom. The molecule has 1 aliphatic heterocycles. The molecule has 1 aliphatic rings. The van der Waals surface area contributed by atoms with Gasteiger partial charge in [-0.1, -0.05) is 31.2 Å². The molecule has 8 heteroatoms. The monoisotopic (exact) mass is 495 g/mol. The zero-order valence-corrected chi connectivity index (χ0v) is 21.0. The summed E-state index contributed by atoms with van der Waals surface area (Å²) in [6, 6.07) is 18.7. The first-order valence-electron chi connectivity index (χ1n) is 11.7. The summed E-state index contributed by atoms with van der Waals surface area (Å²) in [7, 11) is -3.90. The van der Waals surface area contributed by atoms with Crippen molar-refractivity contribution in [1.29, 1.82) is 0 Å². The summed E-state index contributed by atoms with van der Waals surface area (Å²) in [5.74, 6) is -1.47. The fraction of sp³-hybridized carbons (Fsp3) is 0.296. The molecule has 0 spiro atoms. The minimum absolute atomic E-state index is 0.0466. The molecule has 0 bridgehead atoms. The van der Waals surface area contributed by atoms with Crippen LogP contribution in [0.5, 0.6) is 0 Å². The first-order chi connectivity index (χ1) is 16.7. The Morgan fingerprint density at radius 3 is 2.46 bits per heavy atom. The maximum absolute atomic E-state index is 14.5. The molecule has 1 N–H and O–H groups in total. The molecule has 0 unspecified atom stereocenters. The van der Waals surface area contributed by atoms with E-state index in [1.54, 1.807) is 12.1 Å². The lowest BCUT2D eigenvalue weighted by atomic mass is 10.1. The summed E-state index contributed by atoms with van der Waals surface area (Å²) in [6.45, 7) is 7.15. The second-order valence-corrected chi connectivity index (χ2v) is 10.8. The van der Waals surface area contributed by atoms with Gasteiger partial charge in [-0.05, 0) is 73.9 Å². The summed E-state index contributed by atoms with van der Waals surface area (Å²) < 4.78 is 42.7. The molecule has 4 rings (SSSR count). The summed E-state index contributed by atoms with van der Waals surface area (Å²) >= 11 is 0. The number of rotatable bonds is 6. The van der Waals surface area contributed by atoms with Gasteiger partial charge >= 0.3 is 0 Å². The van der Waals surface area contributed by atoms with Gasteiger partial charge in [-0.25, -0.2) is 12.8 Å². The number of nitrogens with one attached hydrogen (secondary N) is 1. The first kappa shape index (κ1) is 24.9. The Kier molecular flexibility index (Phi) is 7.23. The summed E-state index contributed by atoms with van der Waals surface area (Å²) in [5.41, 5.74) is 3.52. The van der Waals surface area contributed by atoms with Crippen molar-refractivity contribution in [2.75, 3.05) is 29.9 Å². The number of amides is 1. The Balaban J connectivity index is 1.52. The van der Waals surface area contributed by atoms with Crippen LogP contribution in [0, 0.1) is 12.7 Å². The van der Waals surface area contributed by atoms with E-state index in [4.69, 9.17) is 0 Å². The van der Waals surface area contributed by atoms with E-state index in [1.165, 1.54) is 10.4 Å². The topological polar surface area (TPSA) is 69.7 Å². The third-order valence-corrected chi connectivity index (χ3v) is 8.22. The fourth-order valence-electron chi connectivity index (χ4n) is 4.34. The Morgan fingerprint density at radius 2 is 1.80 bits per heavy atom. The van der Waals surface area contributed by atoms with Crippen LogP contribution in [0.25, 0.3) is 0 Å². The minimum Gasteiger partial charge on any atom is -0.366 e. The number of benzene rings is 3. The highest BCUT2D eigenvalue weighted by atomic mass is 32.2. The molecule has 3 aromatic rings. The molecule has 1 saturated heterocycles. The number of sulfonamides is 1. The Labute approximate surface area is 206 Å². The Bertz CT molecular complexity index is 1330. The molecule has 3 aromatic carbocycles. The van der Waals surface area contributed by atoms with Crippen LogP contribution in [0.4, 0.5) is 15.8 Å². The van der Waals surface area contributed by atoms with Gasteiger partial charge in [0, 0.05) is 37.1 Å². The maximum Gasteiger partial charge on any atom is 0.258 e. The van der Waals surface area contributed by atoms with E-state index < -0.39 is 21.7 Å². The van der Waals surface area contributed by atoms with E-state index in [1.807, 2.05) is 51.1 Å². The average Bonchev–Trinajstić information content (AvgIpc) is 2.84. The van der Waals surface area contributed by atoms with Crippen molar-refractivity contribution in [3.63, 3.8) is 0 Å². The van der Waals surface area contributed by atoms with Gasteiger partial charge in [0.1, 0.15) is 5.82 Å². The molecule has 184 valence electrons. The molecule has 0 aliphatic carbocycles. The van der Waals surface area contributed by atoms with Crippen molar-refractivity contribution in [2.45, 2.75) is 38.1 Å². The quantitative estimate of drug-likeness (QED) is 0.531. The molecule has 1 heterocycles. The minimum atomic E-state index is -3.90. The van der Waals surface area contributed by atoms with E-state index >= 15 is 0 Å². The summed E-state index contributed by atoms with van der Waals surface area (Å²) in [4.78, 5) is 14.8. The van der Waals surface area contributed by atoms with Crippen LogP contribution in [-0.2, 0) is 16.4 Å². The van der Waals surface area contributed by atoms with Crippen LogP contribution in [-0.4, -0.2) is 44.3 Å². The standard InChI is InChI=1S/C27H30FN3O3S/c1-4-21-8-10-22(11-9-21)29-27(32)25-17-24(12-13-26(25)28)35(33,34)30-14-15-31(20(3)18-30)23-7-5-6-19(2)16-23/h5-13,16-17,20H,4,14-15,18H2,1-3H3,(H,29,32)/t20-/m0/s1. The van der Waals surface area contributed by atoms with E-state index in [0.717, 1.165) is 35.4 Å². The number of hydrogen-bond acceptors (Lipinski definition) is 4. The van der Waals surface area contributed by atoms with Crippen LogP contribution < -0.4 is 10.2 Å². The molecule has 1 atom stereocenters. The van der Waals surface area contributed by atoms with E-state index in [2.05, 4.69) is 16.3 Å². The lowest BCUT2D eigenvalue weighted by molar-refractivity contribution is 0.102. The molecule has 0 aromatic heterocycles. The van der Waals surface area contributed by atoms with Crippen molar-refractivity contribution in [3.05, 3.63) is 89.2 Å². The van der Waals surface area contributed by atoms with Crippen LogP contribution >= 0.6 is 0 Å². The largest absolute Gasteiger partial charge is 0.366 e. The number of aryl methyl sites for hydroxylation is 2. The first-order valence-corrected chi connectivity index (χ1v) is 13.2. The lowest BCUT2D eigenvalue weighted by Gasteiger charge is -2.40. The van der Waals surface area contributed by atoms with Gasteiger partial charge in [0.15, 0.2) is 0 Å². The highest BCUT2D eigenvalue weighted by Gasteiger charge is 2.33. The number of carbonyl (C=O) groups excluding carboxylic acids is 1.